The second-order valence-corrected chi connectivity index (χ2v) is 6.11. The molecule has 3 rings (SSSR count). The number of amides is 1. The van der Waals surface area contributed by atoms with Gasteiger partial charge in [0, 0.05) is 49.6 Å². The highest BCUT2D eigenvalue weighted by molar-refractivity contribution is 6.03. The number of hydrogen-bond donors (Lipinski definition) is 1. The summed E-state index contributed by atoms with van der Waals surface area (Å²) in [7, 11) is 3.59. The van der Waals surface area contributed by atoms with Crippen molar-refractivity contribution in [2.45, 2.75) is 6.42 Å². The number of hydrogen-bond acceptors (Lipinski definition) is 5. The lowest BCUT2D eigenvalue weighted by Gasteiger charge is -2.19. The molecule has 0 aliphatic carbocycles. The van der Waals surface area contributed by atoms with E-state index in [1.165, 1.54) is 5.56 Å². The van der Waals surface area contributed by atoms with E-state index in [1.54, 1.807) is 37.8 Å². The van der Waals surface area contributed by atoms with Gasteiger partial charge in [-0.05, 0) is 48.4 Å². The minimum atomic E-state index is -0.257. The fourth-order valence-corrected chi connectivity index (χ4v) is 2.65. The molecule has 0 unspecified atom stereocenters. The van der Waals surface area contributed by atoms with Gasteiger partial charge in [0.1, 0.15) is 11.4 Å². The summed E-state index contributed by atoms with van der Waals surface area (Å²) in [4.78, 5) is 22.9. The van der Waals surface area contributed by atoms with Crippen LogP contribution in [0.1, 0.15) is 16.1 Å². The summed E-state index contributed by atoms with van der Waals surface area (Å²) in [6, 6.07) is 14.9. The average Bonchev–Trinajstić information content (AvgIpc) is 2.73. The zero-order valence-electron chi connectivity index (χ0n) is 15.4. The summed E-state index contributed by atoms with van der Waals surface area (Å²) in [5.41, 5.74) is 3.19. The van der Waals surface area contributed by atoms with Crippen LogP contribution in [0.25, 0.3) is 0 Å². The van der Waals surface area contributed by atoms with Crippen LogP contribution in [-0.4, -0.2) is 36.6 Å². The van der Waals surface area contributed by atoms with Crippen LogP contribution in [0.3, 0.4) is 0 Å². The van der Waals surface area contributed by atoms with Gasteiger partial charge in [-0.3, -0.25) is 14.8 Å². The normalized spacial score (nSPS) is 10.3. The summed E-state index contributed by atoms with van der Waals surface area (Å²) in [5, 5.41) is 2.85. The molecule has 0 saturated heterocycles. The Bertz CT molecular complexity index is 899. The Morgan fingerprint density at radius 3 is 2.70 bits per heavy atom. The maximum absolute atomic E-state index is 12.5. The number of carbonyl (C=O) groups is 1. The molecule has 2 aromatic heterocycles. The molecule has 1 N–H and O–H groups in total. The van der Waals surface area contributed by atoms with Gasteiger partial charge in [-0.15, -0.1) is 0 Å². The van der Waals surface area contributed by atoms with Crippen molar-refractivity contribution in [1.29, 1.82) is 0 Å². The number of likely N-dealkylation sites (N-methyl/N-ethyl adjacent to an activating group) is 1. The van der Waals surface area contributed by atoms with Crippen LogP contribution in [0.15, 0.2) is 67.1 Å². The largest absolute Gasteiger partial charge is 0.497 e. The van der Waals surface area contributed by atoms with Gasteiger partial charge in [0.15, 0.2) is 0 Å². The molecule has 0 bridgehead atoms. The van der Waals surface area contributed by atoms with Crippen molar-refractivity contribution >= 4 is 17.3 Å². The minimum Gasteiger partial charge on any atom is -0.497 e. The summed E-state index contributed by atoms with van der Waals surface area (Å²) >= 11 is 0. The maximum atomic E-state index is 12.5. The van der Waals surface area contributed by atoms with Gasteiger partial charge in [0.25, 0.3) is 5.91 Å². The third-order valence-corrected chi connectivity index (χ3v) is 4.23. The Hall–Kier alpha value is -3.41. The molecular weight excluding hydrogens is 340 g/mol. The summed E-state index contributed by atoms with van der Waals surface area (Å²) in [6.07, 6.45) is 6.14. The van der Waals surface area contributed by atoms with Crippen LogP contribution >= 0.6 is 0 Å². The van der Waals surface area contributed by atoms with Crippen LogP contribution in [-0.2, 0) is 6.42 Å². The standard InChI is InChI=1S/C21H22N4O2/c1-25(13-9-16-6-10-22-11-7-16)18-8-12-23-20(15-18)21(26)24-17-4-3-5-19(14-17)27-2/h3-8,10-12,14-15H,9,13H2,1-2H3,(H,24,26). The van der Waals surface area contributed by atoms with Crippen molar-refractivity contribution < 1.29 is 9.53 Å². The first-order chi connectivity index (χ1) is 13.2. The smallest absolute Gasteiger partial charge is 0.274 e. The van der Waals surface area contributed by atoms with E-state index < -0.39 is 0 Å². The Morgan fingerprint density at radius 1 is 1.11 bits per heavy atom. The molecular formula is C21H22N4O2. The van der Waals surface area contributed by atoms with Gasteiger partial charge in [-0.1, -0.05) is 6.07 Å². The summed E-state index contributed by atoms with van der Waals surface area (Å²) in [5.74, 6) is 0.429. The molecule has 1 aromatic carbocycles. The number of methoxy groups -OCH3 is 1. The van der Waals surface area contributed by atoms with E-state index >= 15 is 0 Å². The molecule has 3 aromatic rings. The predicted octanol–water partition coefficient (Wildman–Crippen LogP) is 3.42. The van der Waals surface area contributed by atoms with Crippen molar-refractivity contribution in [1.82, 2.24) is 9.97 Å². The molecule has 0 fully saturated rings. The molecule has 0 radical (unpaired) electrons. The van der Waals surface area contributed by atoms with Crippen molar-refractivity contribution in [2.24, 2.45) is 0 Å². The molecule has 1 amide bonds. The van der Waals surface area contributed by atoms with E-state index in [0.29, 0.717) is 17.1 Å². The number of nitrogens with one attached hydrogen (secondary N) is 1. The SMILES string of the molecule is COc1cccc(NC(=O)c2cc(N(C)CCc3ccncc3)ccn2)c1. The van der Waals surface area contributed by atoms with E-state index in [9.17, 15) is 4.79 Å². The van der Waals surface area contributed by atoms with Gasteiger partial charge >= 0.3 is 0 Å². The zero-order chi connectivity index (χ0) is 19.1. The summed E-state index contributed by atoms with van der Waals surface area (Å²) in [6.45, 7) is 0.824. The number of pyridine rings is 2. The van der Waals surface area contributed by atoms with Crippen LogP contribution in [0.2, 0.25) is 0 Å². The lowest BCUT2D eigenvalue weighted by molar-refractivity contribution is 0.102. The van der Waals surface area contributed by atoms with Gasteiger partial charge in [-0.2, -0.15) is 0 Å². The molecule has 6 nitrogen and oxygen atoms in total. The fourth-order valence-electron chi connectivity index (χ4n) is 2.65. The van der Waals surface area contributed by atoms with Gasteiger partial charge < -0.3 is 15.0 Å². The zero-order valence-corrected chi connectivity index (χ0v) is 15.4. The fraction of sp³-hybridized carbons (Fsp3) is 0.190. The molecule has 0 aliphatic heterocycles. The van der Waals surface area contributed by atoms with Crippen LogP contribution in [0.4, 0.5) is 11.4 Å². The first-order valence-corrected chi connectivity index (χ1v) is 8.67. The topological polar surface area (TPSA) is 67.3 Å². The third kappa shape index (κ3) is 5.04. The van der Waals surface area contributed by atoms with Crippen LogP contribution in [0.5, 0.6) is 5.75 Å². The van der Waals surface area contributed by atoms with Crippen molar-refractivity contribution in [3.8, 4) is 5.75 Å². The number of carbonyl (C=O) groups excluding carboxylic acids is 1. The number of anilines is 2. The maximum Gasteiger partial charge on any atom is 0.274 e. The average molecular weight is 362 g/mol. The highest BCUT2D eigenvalue weighted by Crippen LogP contribution is 2.18. The van der Waals surface area contributed by atoms with Gasteiger partial charge in [-0.25, -0.2) is 0 Å². The molecule has 138 valence electrons. The molecule has 27 heavy (non-hydrogen) atoms. The Morgan fingerprint density at radius 2 is 1.93 bits per heavy atom. The lowest BCUT2D eigenvalue weighted by atomic mass is 10.2. The highest BCUT2D eigenvalue weighted by Gasteiger charge is 2.11. The third-order valence-electron chi connectivity index (χ3n) is 4.23. The second kappa shape index (κ2) is 8.80. The first kappa shape index (κ1) is 18.4. The van der Waals surface area contributed by atoms with Crippen LogP contribution in [0, 0.1) is 0 Å². The number of ether oxygens (including phenoxy) is 1. The van der Waals surface area contributed by atoms with Crippen molar-refractivity contribution in [2.75, 3.05) is 30.9 Å². The highest BCUT2D eigenvalue weighted by atomic mass is 16.5. The van der Waals surface area contributed by atoms with E-state index in [0.717, 1.165) is 18.7 Å². The molecule has 0 atom stereocenters. The monoisotopic (exact) mass is 362 g/mol. The number of aromatic nitrogens is 2. The Kier molecular flexibility index (Phi) is 5.99. The van der Waals surface area contributed by atoms with Crippen molar-refractivity contribution in [3.05, 3.63) is 78.4 Å². The number of nitrogens with zero attached hydrogens (tertiary/aromatic N) is 3. The summed E-state index contributed by atoms with van der Waals surface area (Å²) < 4.78 is 5.18. The Balaban J connectivity index is 1.65. The predicted molar refractivity (Wildman–Crippen MR) is 106 cm³/mol. The quantitative estimate of drug-likeness (QED) is 0.698. The van der Waals surface area contributed by atoms with Crippen molar-refractivity contribution in [3.63, 3.8) is 0 Å². The first-order valence-electron chi connectivity index (χ1n) is 8.67. The van der Waals surface area contributed by atoms with Gasteiger partial charge in [0.05, 0.1) is 7.11 Å². The second-order valence-electron chi connectivity index (χ2n) is 6.11. The van der Waals surface area contributed by atoms with Gasteiger partial charge in [0.2, 0.25) is 0 Å². The van der Waals surface area contributed by atoms with E-state index in [-0.39, 0.29) is 5.91 Å². The number of benzene rings is 1. The molecule has 0 saturated carbocycles. The lowest BCUT2D eigenvalue weighted by Crippen LogP contribution is -2.21. The van der Waals surface area contributed by atoms with E-state index in [1.807, 2.05) is 43.4 Å². The number of rotatable bonds is 7. The Labute approximate surface area is 158 Å². The molecule has 2 heterocycles. The molecule has 0 spiro atoms. The molecule has 6 heteroatoms. The minimum absolute atomic E-state index is 0.257. The van der Waals surface area contributed by atoms with E-state index in [2.05, 4.69) is 20.2 Å². The van der Waals surface area contributed by atoms with E-state index in [4.69, 9.17) is 4.74 Å². The van der Waals surface area contributed by atoms with Crippen LogP contribution < -0.4 is 15.0 Å². The molecule has 0 aliphatic rings.